The fourth-order valence-electron chi connectivity index (χ4n) is 3.95. The number of nitrogens with one attached hydrogen (secondary N) is 6. The molecule has 0 saturated heterocycles. The third-order valence-electron chi connectivity index (χ3n) is 7.24. The fourth-order valence-corrected chi connectivity index (χ4v) is 21.4. The van der Waals surface area contributed by atoms with Gasteiger partial charge in [-0.1, -0.05) is 0 Å². The van der Waals surface area contributed by atoms with Crippen LogP contribution in [0.4, 0.5) is 0 Å². The van der Waals surface area contributed by atoms with E-state index in [0.717, 1.165) is 30.1 Å². The van der Waals surface area contributed by atoms with Gasteiger partial charge in [0.25, 0.3) is 0 Å². The number of hydrogen-bond acceptors (Lipinski definition) is 18. The van der Waals surface area contributed by atoms with Gasteiger partial charge in [0.2, 0.25) is 0 Å². The van der Waals surface area contributed by atoms with E-state index in [-0.39, 0.29) is 36.5 Å². The van der Waals surface area contributed by atoms with Gasteiger partial charge in [-0.2, -0.15) is 0 Å². The Morgan fingerprint density at radius 2 is 0.656 bits per heavy atom. The summed E-state index contributed by atoms with van der Waals surface area (Å²) in [6.07, 6.45) is -2.46. The molecule has 0 bridgehead atoms. The first kappa shape index (κ1) is 56.1. The van der Waals surface area contributed by atoms with E-state index in [9.17, 15) is 57.5 Å². The molecule has 0 aromatic rings. The van der Waals surface area contributed by atoms with Crippen LogP contribution in [0.25, 0.3) is 0 Å². The van der Waals surface area contributed by atoms with Crippen molar-refractivity contribution < 1.29 is 88.2 Å². The van der Waals surface area contributed by atoms with Gasteiger partial charge in [-0.15, -0.1) is 0 Å². The summed E-state index contributed by atoms with van der Waals surface area (Å²) in [5, 5.41) is 67.7. The molecule has 344 valence electrons. The van der Waals surface area contributed by atoms with Crippen molar-refractivity contribution in [2.24, 2.45) is 17.2 Å². The number of hydrogen-bond donors (Lipinski definition) is 15. The van der Waals surface area contributed by atoms with Crippen LogP contribution in [0.3, 0.4) is 0 Å². The summed E-state index contributed by atoms with van der Waals surface area (Å²) in [7, 11) is 2.91. The molecule has 0 heterocycles. The minimum absolute atomic E-state index is 0.340. The van der Waals surface area contributed by atoms with Gasteiger partial charge in [-0.3, -0.25) is 0 Å². The van der Waals surface area contributed by atoms with E-state index < -0.39 is 158 Å². The Morgan fingerprint density at radius 1 is 0.426 bits per heavy atom. The summed E-state index contributed by atoms with van der Waals surface area (Å²) >= 11 is -2.90. The van der Waals surface area contributed by atoms with Gasteiger partial charge in [0.05, 0.1) is 0 Å². The monoisotopic (exact) mass is 993 g/mol. The second-order valence-corrected chi connectivity index (χ2v) is 29.1. The van der Waals surface area contributed by atoms with Gasteiger partial charge in [0.1, 0.15) is 0 Å². The van der Waals surface area contributed by atoms with Crippen LogP contribution in [0.1, 0.15) is 38.5 Å². The Kier molecular flexibility index (Phi) is 27.8. The third-order valence-corrected chi connectivity index (χ3v) is 26.0. The molecule has 6 atom stereocenters. The van der Waals surface area contributed by atoms with Crippen LogP contribution in [-0.4, -0.2) is 186 Å². The molecule has 0 unspecified atom stereocenters. The summed E-state index contributed by atoms with van der Waals surface area (Å²) < 4.78 is 0. The van der Waals surface area contributed by atoms with Gasteiger partial charge in [0.15, 0.2) is 0 Å². The molecule has 0 aromatic carbocycles. The van der Waals surface area contributed by atoms with Crippen LogP contribution in [0.5, 0.6) is 0 Å². The molecule has 0 spiro atoms. The van der Waals surface area contributed by atoms with E-state index in [1.165, 1.54) is 0 Å². The van der Waals surface area contributed by atoms with Crippen molar-refractivity contribution in [3.8, 4) is 0 Å². The molecule has 0 aliphatic rings. The first-order valence-corrected chi connectivity index (χ1v) is 27.2. The Bertz CT molecular complexity index is 1440. The number of carboxylic acids is 6. The quantitative estimate of drug-likeness (QED) is 0.0272. The van der Waals surface area contributed by atoms with Crippen molar-refractivity contribution in [1.82, 2.24) is 31.9 Å². The van der Waals surface area contributed by atoms with Gasteiger partial charge >= 0.3 is 361 Å². The standard InChI is InChI=1S/C30H48AsN9O18S3/c32-13(28(53)54)1-4-19(41)38-16(25(50)35-7-22(44)45)10-59-31(60-11-17(26(51)36-8-23(46)47)39-20(42)5-2-14(33)29(55)56)61-12-18(27(52)37-9-24(48)49)40-21(43)6-3-15(34)30(57)58/h13-18H,1-12,32-34H2,(H,35,50)(H,36,51)(H,37,52)(H,38,41)(H,39,42)(H,40,43)(H,44,45)(H,46,47)(H,48,49)(H,53,54)(H,55,56)(H,57,58)/t13-,14-,15-,16+,17+,18+/m0/s1. The average molecular weight is 994 g/mol. The number of amides is 6. The Morgan fingerprint density at radius 3 is 0.852 bits per heavy atom. The Balaban J connectivity index is 6.68. The molecular formula is C30H48AsN9O18S3. The zero-order valence-corrected chi connectivity index (χ0v) is 36.3. The summed E-state index contributed by atoms with van der Waals surface area (Å²) in [5.74, 6) is -15.1. The molecule has 27 nitrogen and oxygen atoms in total. The second kappa shape index (κ2) is 30.2. The molecule has 6 amide bonds. The molecule has 0 aliphatic heterocycles. The Hall–Kier alpha value is -4.87. The molecule has 0 fully saturated rings. The van der Waals surface area contributed by atoms with Gasteiger partial charge in [-0.05, 0) is 0 Å². The van der Waals surface area contributed by atoms with Crippen LogP contribution < -0.4 is 49.1 Å². The van der Waals surface area contributed by atoms with E-state index in [4.69, 9.17) is 47.8 Å². The number of carbonyl (C=O) groups is 12. The third kappa shape index (κ3) is 26.8. The van der Waals surface area contributed by atoms with Crippen molar-refractivity contribution >= 4 is 113 Å². The van der Waals surface area contributed by atoms with E-state index in [2.05, 4.69) is 31.9 Å². The molecule has 18 N–H and O–H groups in total. The predicted molar refractivity (Wildman–Crippen MR) is 215 cm³/mol. The number of carbonyl (C=O) groups excluding carboxylic acids is 6. The van der Waals surface area contributed by atoms with Crippen molar-refractivity contribution in [2.75, 3.05) is 36.9 Å². The first-order valence-electron chi connectivity index (χ1n) is 17.4. The number of aliphatic carboxylic acids is 6. The molecule has 31 heteroatoms. The van der Waals surface area contributed by atoms with Crippen molar-refractivity contribution in [1.29, 1.82) is 0 Å². The maximum atomic E-state index is 13.0. The maximum absolute atomic E-state index is 13.0. The minimum atomic E-state index is -2.90. The molecule has 0 aliphatic carbocycles. The van der Waals surface area contributed by atoms with Gasteiger partial charge in [-0.25, -0.2) is 0 Å². The second-order valence-electron chi connectivity index (χ2n) is 12.3. The average Bonchev–Trinajstić information content (AvgIpc) is 3.18. The summed E-state index contributed by atoms with van der Waals surface area (Å²) in [6.45, 7) is -2.63. The van der Waals surface area contributed by atoms with Crippen LogP contribution in [0.2, 0.25) is 0 Å². The van der Waals surface area contributed by atoms with Gasteiger partial charge < -0.3 is 0 Å². The van der Waals surface area contributed by atoms with Crippen molar-refractivity contribution in [3.05, 3.63) is 0 Å². The van der Waals surface area contributed by atoms with Crippen molar-refractivity contribution in [3.63, 3.8) is 0 Å². The van der Waals surface area contributed by atoms with E-state index >= 15 is 0 Å². The summed E-state index contributed by atoms with van der Waals surface area (Å²) in [4.78, 5) is 144. The molecule has 61 heavy (non-hydrogen) atoms. The molecule has 0 rings (SSSR count). The molecule has 0 aromatic heterocycles. The number of nitrogens with two attached hydrogens (primary N) is 3. The number of carboxylic acid groups (broad SMARTS) is 6. The normalized spacial score (nSPS) is 13.8. The SMILES string of the molecule is N[C@@H](CCC(=O)N[C@H](CS[As](SC[C@@H](NC(=O)CC[C@H](N)C(=O)O)C(=O)NCC(=O)O)SC[C@@H](NC(=O)CC[C@H](N)C(=O)O)C(=O)NCC(=O)O)C(=O)NCC(=O)O)C(=O)O. The Labute approximate surface area is 360 Å². The zero-order valence-electron chi connectivity index (χ0n) is 31.9. The van der Waals surface area contributed by atoms with E-state index in [1.54, 1.807) is 0 Å². The topological polar surface area (TPSA) is 476 Å². The zero-order chi connectivity index (χ0) is 46.8. The summed E-state index contributed by atoms with van der Waals surface area (Å²) in [6, 6.07) is -8.77. The predicted octanol–water partition coefficient (Wildman–Crippen LogP) is -6.20. The van der Waals surface area contributed by atoms with Crippen LogP contribution in [0, 0.1) is 0 Å². The summed E-state index contributed by atoms with van der Waals surface area (Å²) in [5.41, 5.74) is 16.4. The number of rotatable bonds is 33. The van der Waals surface area contributed by atoms with Crippen LogP contribution in [-0.2, 0) is 57.5 Å². The van der Waals surface area contributed by atoms with Crippen LogP contribution in [0.15, 0.2) is 0 Å². The molecule has 0 saturated carbocycles. The van der Waals surface area contributed by atoms with Crippen LogP contribution >= 0.6 is 30.1 Å². The molecule has 0 radical (unpaired) electrons. The van der Waals surface area contributed by atoms with E-state index in [0.29, 0.717) is 0 Å². The van der Waals surface area contributed by atoms with E-state index in [1.807, 2.05) is 0 Å². The molecular weight excluding hydrogens is 945 g/mol. The first-order chi connectivity index (χ1) is 28.4. The fraction of sp³-hybridized carbons (Fsp3) is 0.600. The van der Waals surface area contributed by atoms with Gasteiger partial charge in [0, 0.05) is 0 Å². The van der Waals surface area contributed by atoms with Crippen molar-refractivity contribution in [2.45, 2.75) is 74.8 Å².